The van der Waals surface area contributed by atoms with Gasteiger partial charge in [-0.2, -0.15) is 0 Å². The Morgan fingerprint density at radius 2 is 1.89 bits per heavy atom. The number of rotatable bonds is 6. The smallest absolute Gasteiger partial charge is 0.240 e. The molecule has 0 saturated heterocycles. The number of benzene rings is 1. The zero-order valence-corrected chi connectivity index (χ0v) is 12.9. The summed E-state index contributed by atoms with van der Waals surface area (Å²) >= 11 is 0. The lowest BCUT2D eigenvalue weighted by Gasteiger charge is -2.18. The average molecular weight is 284 g/mol. The summed E-state index contributed by atoms with van der Waals surface area (Å²) < 4.78 is 27.2. The highest BCUT2D eigenvalue weighted by Crippen LogP contribution is 2.18. The van der Waals surface area contributed by atoms with Crippen molar-refractivity contribution in [2.24, 2.45) is 5.92 Å². The maximum absolute atomic E-state index is 12.3. The molecule has 3 N–H and O–H groups in total. The summed E-state index contributed by atoms with van der Waals surface area (Å²) in [6.45, 7) is 7.95. The van der Waals surface area contributed by atoms with Crippen LogP contribution in [0.2, 0.25) is 0 Å². The lowest BCUT2D eigenvalue weighted by molar-refractivity contribution is 0.445. The van der Waals surface area contributed by atoms with Gasteiger partial charge in [-0.15, -0.1) is 0 Å². The van der Waals surface area contributed by atoms with Gasteiger partial charge in [0.05, 0.1) is 4.90 Å². The normalized spacial score (nSPS) is 15.2. The number of aryl methyl sites for hydroxylation is 1. The van der Waals surface area contributed by atoms with E-state index in [9.17, 15) is 8.42 Å². The predicted octanol–water partition coefficient (Wildman–Crippen LogP) is 2.68. The topological polar surface area (TPSA) is 72.2 Å². The zero-order chi connectivity index (χ0) is 14.6. The van der Waals surface area contributed by atoms with Gasteiger partial charge in [0, 0.05) is 11.7 Å². The van der Waals surface area contributed by atoms with Crippen LogP contribution in [0, 0.1) is 12.8 Å². The summed E-state index contributed by atoms with van der Waals surface area (Å²) in [7, 11) is -3.49. The average Bonchev–Trinajstić information content (AvgIpc) is 2.26. The van der Waals surface area contributed by atoms with E-state index < -0.39 is 10.0 Å². The van der Waals surface area contributed by atoms with Crippen molar-refractivity contribution in [2.45, 2.75) is 51.5 Å². The summed E-state index contributed by atoms with van der Waals surface area (Å²) in [6.07, 6.45) is 1.88. The lowest BCUT2D eigenvalue weighted by atomic mass is 10.0. The van der Waals surface area contributed by atoms with E-state index in [1.165, 1.54) is 6.07 Å². The third-order valence-corrected chi connectivity index (χ3v) is 4.76. The molecule has 0 radical (unpaired) electrons. The van der Waals surface area contributed by atoms with Gasteiger partial charge in [0.2, 0.25) is 10.0 Å². The zero-order valence-electron chi connectivity index (χ0n) is 12.1. The fourth-order valence-electron chi connectivity index (χ4n) is 2.08. The second kappa shape index (κ2) is 6.39. The maximum atomic E-state index is 12.3. The first-order valence-electron chi connectivity index (χ1n) is 6.64. The Kier molecular flexibility index (Phi) is 5.38. The molecule has 0 aromatic heterocycles. The van der Waals surface area contributed by atoms with Gasteiger partial charge in [-0.25, -0.2) is 13.1 Å². The number of nitrogens with two attached hydrogens (primary N) is 1. The van der Waals surface area contributed by atoms with Crippen molar-refractivity contribution >= 4 is 15.7 Å². The second-order valence-electron chi connectivity index (χ2n) is 5.35. The van der Waals surface area contributed by atoms with Crippen LogP contribution in [0.15, 0.2) is 23.1 Å². The van der Waals surface area contributed by atoms with Gasteiger partial charge < -0.3 is 5.73 Å². The molecule has 0 amide bonds. The standard InChI is InChI=1S/C14H24N2O2S/c1-5-10(2)6-12(4)16-19(17,18)14-8-11(3)7-13(15)9-14/h7-10,12,16H,5-6,15H2,1-4H3. The fraction of sp³-hybridized carbons (Fsp3) is 0.571. The van der Waals surface area contributed by atoms with E-state index in [1.54, 1.807) is 12.1 Å². The van der Waals surface area contributed by atoms with Crippen LogP contribution in [0.3, 0.4) is 0 Å². The van der Waals surface area contributed by atoms with E-state index in [0.29, 0.717) is 11.6 Å². The van der Waals surface area contributed by atoms with Crippen molar-refractivity contribution in [1.29, 1.82) is 0 Å². The van der Waals surface area contributed by atoms with Crippen molar-refractivity contribution in [1.82, 2.24) is 4.72 Å². The van der Waals surface area contributed by atoms with Crippen molar-refractivity contribution in [3.8, 4) is 0 Å². The van der Waals surface area contributed by atoms with Gasteiger partial charge in [0.15, 0.2) is 0 Å². The Hall–Kier alpha value is -1.07. The molecule has 1 aromatic rings. The van der Waals surface area contributed by atoms with Crippen molar-refractivity contribution in [3.63, 3.8) is 0 Å². The molecule has 0 fully saturated rings. The quantitative estimate of drug-likeness (QED) is 0.789. The number of anilines is 1. The second-order valence-corrected chi connectivity index (χ2v) is 7.06. The monoisotopic (exact) mass is 284 g/mol. The molecular weight excluding hydrogens is 260 g/mol. The highest BCUT2D eigenvalue weighted by atomic mass is 32.2. The van der Waals surface area contributed by atoms with Crippen LogP contribution in [0.5, 0.6) is 0 Å². The van der Waals surface area contributed by atoms with E-state index >= 15 is 0 Å². The summed E-state index contributed by atoms with van der Waals surface area (Å²) in [6, 6.07) is 4.79. The van der Waals surface area contributed by atoms with Gasteiger partial charge in [0.25, 0.3) is 0 Å². The summed E-state index contributed by atoms with van der Waals surface area (Å²) in [5, 5.41) is 0. The van der Waals surface area contributed by atoms with Crippen LogP contribution in [0.4, 0.5) is 5.69 Å². The minimum Gasteiger partial charge on any atom is -0.399 e. The fourth-order valence-corrected chi connectivity index (χ4v) is 3.48. The van der Waals surface area contributed by atoms with Crippen LogP contribution in [-0.4, -0.2) is 14.5 Å². The van der Waals surface area contributed by atoms with Crippen LogP contribution in [0.25, 0.3) is 0 Å². The Balaban J connectivity index is 2.86. The summed E-state index contributed by atoms with van der Waals surface area (Å²) in [5.41, 5.74) is 7.01. The molecule has 0 aliphatic heterocycles. The lowest BCUT2D eigenvalue weighted by Crippen LogP contribution is -2.33. The molecule has 108 valence electrons. The molecule has 0 heterocycles. The van der Waals surface area contributed by atoms with E-state index in [0.717, 1.165) is 18.4 Å². The minimum absolute atomic E-state index is 0.0818. The number of hydrogen-bond donors (Lipinski definition) is 2. The first kappa shape index (κ1) is 16.0. The van der Waals surface area contributed by atoms with Gasteiger partial charge in [-0.1, -0.05) is 20.3 Å². The molecule has 0 aliphatic carbocycles. The Morgan fingerprint density at radius 3 is 2.42 bits per heavy atom. The molecule has 1 aromatic carbocycles. The van der Waals surface area contributed by atoms with Crippen LogP contribution < -0.4 is 10.5 Å². The first-order valence-corrected chi connectivity index (χ1v) is 8.12. The van der Waals surface area contributed by atoms with E-state index in [-0.39, 0.29) is 10.9 Å². The SMILES string of the molecule is CCC(C)CC(C)NS(=O)(=O)c1cc(C)cc(N)c1. The third-order valence-electron chi connectivity index (χ3n) is 3.19. The van der Waals surface area contributed by atoms with Crippen LogP contribution >= 0.6 is 0 Å². The third kappa shape index (κ3) is 4.84. The van der Waals surface area contributed by atoms with Crippen LogP contribution in [0.1, 0.15) is 39.2 Å². The Labute approximate surface area is 116 Å². The number of nitrogen functional groups attached to an aromatic ring is 1. The maximum Gasteiger partial charge on any atom is 0.240 e. The molecule has 0 saturated carbocycles. The summed E-state index contributed by atoms with van der Waals surface area (Å²) in [4.78, 5) is 0.237. The highest BCUT2D eigenvalue weighted by Gasteiger charge is 2.19. The Bertz CT molecular complexity index is 506. The molecule has 19 heavy (non-hydrogen) atoms. The highest BCUT2D eigenvalue weighted by molar-refractivity contribution is 7.89. The molecule has 0 spiro atoms. The number of nitrogens with one attached hydrogen (secondary N) is 1. The van der Waals surface area contributed by atoms with Crippen molar-refractivity contribution in [3.05, 3.63) is 23.8 Å². The van der Waals surface area contributed by atoms with Crippen molar-refractivity contribution in [2.75, 3.05) is 5.73 Å². The first-order chi connectivity index (χ1) is 8.74. The van der Waals surface area contributed by atoms with E-state index in [4.69, 9.17) is 5.73 Å². The van der Waals surface area contributed by atoms with Gasteiger partial charge in [-0.05, 0) is 49.9 Å². The number of sulfonamides is 1. The number of hydrogen-bond acceptors (Lipinski definition) is 3. The summed E-state index contributed by atoms with van der Waals surface area (Å²) in [5.74, 6) is 0.500. The van der Waals surface area contributed by atoms with Gasteiger partial charge in [0.1, 0.15) is 0 Å². The van der Waals surface area contributed by atoms with Crippen molar-refractivity contribution < 1.29 is 8.42 Å². The van der Waals surface area contributed by atoms with Crippen LogP contribution in [-0.2, 0) is 10.0 Å². The molecule has 0 aliphatic rings. The molecule has 4 nitrogen and oxygen atoms in total. The van der Waals surface area contributed by atoms with E-state index in [1.807, 2.05) is 13.8 Å². The van der Waals surface area contributed by atoms with E-state index in [2.05, 4.69) is 18.6 Å². The molecular formula is C14H24N2O2S. The molecule has 2 atom stereocenters. The molecule has 2 unspecified atom stereocenters. The molecule has 1 rings (SSSR count). The van der Waals surface area contributed by atoms with Gasteiger partial charge >= 0.3 is 0 Å². The minimum atomic E-state index is -3.49. The van der Waals surface area contributed by atoms with Gasteiger partial charge in [-0.3, -0.25) is 0 Å². The largest absolute Gasteiger partial charge is 0.399 e. The predicted molar refractivity (Wildman–Crippen MR) is 79.4 cm³/mol. The Morgan fingerprint density at radius 1 is 1.26 bits per heavy atom. The molecule has 0 bridgehead atoms. The molecule has 5 heteroatoms.